The van der Waals surface area contributed by atoms with E-state index in [1.165, 1.54) is 18.2 Å². The van der Waals surface area contributed by atoms with E-state index in [1.54, 1.807) is 0 Å². The highest BCUT2D eigenvalue weighted by Gasteiger charge is 2.33. The highest BCUT2D eigenvalue weighted by atomic mass is 28.3. The molecule has 3 rings (SSSR count). The number of nitrogens with zero attached hydrogens (tertiary/aromatic N) is 1. The van der Waals surface area contributed by atoms with Gasteiger partial charge in [-0.15, -0.1) is 5.54 Å². The molecule has 0 N–H and O–H groups in total. The van der Waals surface area contributed by atoms with Gasteiger partial charge in [-0.3, -0.25) is 0 Å². The Labute approximate surface area is 166 Å². The van der Waals surface area contributed by atoms with Crippen molar-refractivity contribution in [1.82, 2.24) is 0 Å². The van der Waals surface area contributed by atoms with Crippen molar-refractivity contribution < 1.29 is 13.5 Å². The van der Waals surface area contributed by atoms with Gasteiger partial charge in [-0.2, -0.15) is 0 Å². The summed E-state index contributed by atoms with van der Waals surface area (Å²) in [6, 6.07) is 11.3. The summed E-state index contributed by atoms with van der Waals surface area (Å²) >= 11 is 0. The summed E-state index contributed by atoms with van der Waals surface area (Å²) in [5.41, 5.74) is 5.18. The smallest absolute Gasteiger partial charge is 0.222 e. The molecule has 0 fully saturated rings. The summed E-state index contributed by atoms with van der Waals surface area (Å²) in [6.45, 7) is 11.5. The van der Waals surface area contributed by atoms with Gasteiger partial charge in [-0.1, -0.05) is 58.0 Å². The first kappa shape index (κ1) is 20.3. The molecule has 5 heteroatoms. The lowest BCUT2D eigenvalue weighted by atomic mass is 10.1. The maximum atomic E-state index is 13.9. The van der Waals surface area contributed by atoms with Crippen molar-refractivity contribution in [3.8, 4) is 11.5 Å². The van der Waals surface area contributed by atoms with E-state index in [-0.39, 0.29) is 29.1 Å². The zero-order chi connectivity index (χ0) is 20.5. The summed E-state index contributed by atoms with van der Waals surface area (Å²) in [5.74, 6) is 1.98. The average Bonchev–Trinajstić information content (AvgIpc) is 3.09. The van der Waals surface area contributed by atoms with Crippen molar-refractivity contribution in [1.29, 1.82) is 0 Å². The molecule has 0 saturated carbocycles. The molecule has 146 valence electrons. The van der Waals surface area contributed by atoms with Crippen molar-refractivity contribution in [3.05, 3.63) is 70.8 Å². The summed E-state index contributed by atoms with van der Waals surface area (Å²) in [6.07, 6.45) is 0. The molecule has 2 aromatic carbocycles. The molecule has 2 aromatic rings. The van der Waals surface area contributed by atoms with E-state index in [4.69, 9.17) is 4.74 Å². The van der Waals surface area contributed by atoms with Gasteiger partial charge in [0, 0.05) is 5.56 Å². The van der Waals surface area contributed by atoms with Crippen LogP contribution in [0.3, 0.4) is 0 Å². The highest BCUT2D eigenvalue weighted by molar-refractivity contribution is 6.87. The van der Waals surface area contributed by atoms with E-state index < -0.39 is 19.7 Å². The third-order valence-corrected chi connectivity index (χ3v) is 10.0. The number of rotatable bonds is 2. The summed E-state index contributed by atoms with van der Waals surface area (Å²) < 4.78 is 33.3. The lowest BCUT2D eigenvalue weighted by molar-refractivity contribution is 0.317. The van der Waals surface area contributed by atoms with Gasteiger partial charge in [-0.05, 0) is 34.9 Å². The van der Waals surface area contributed by atoms with Crippen LogP contribution in [0.5, 0.6) is 0 Å². The zero-order valence-electron chi connectivity index (χ0n) is 16.9. The van der Waals surface area contributed by atoms with E-state index in [0.29, 0.717) is 0 Å². The second kappa shape index (κ2) is 7.52. The highest BCUT2D eigenvalue weighted by Crippen LogP contribution is 2.35. The minimum Gasteiger partial charge on any atom is -0.475 e. The fraction of sp³-hybridized carbons (Fsp3) is 0.348. The molecule has 0 aromatic heterocycles. The largest absolute Gasteiger partial charge is 0.475 e. The molecule has 1 heterocycles. The Morgan fingerprint density at radius 3 is 2.21 bits per heavy atom. The van der Waals surface area contributed by atoms with Crippen LogP contribution in [-0.2, 0) is 4.74 Å². The minimum absolute atomic E-state index is 0.0161. The topological polar surface area (TPSA) is 21.6 Å². The summed E-state index contributed by atoms with van der Waals surface area (Å²) in [7, 11) is -1.66. The Morgan fingerprint density at radius 2 is 1.64 bits per heavy atom. The van der Waals surface area contributed by atoms with Gasteiger partial charge in [0.05, 0.1) is 0 Å². The van der Waals surface area contributed by atoms with Crippen LogP contribution in [0.15, 0.2) is 47.5 Å². The zero-order valence-corrected chi connectivity index (χ0v) is 17.9. The quantitative estimate of drug-likeness (QED) is 0.458. The maximum absolute atomic E-state index is 13.9. The second-order valence-electron chi connectivity index (χ2n) is 8.60. The molecule has 28 heavy (non-hydrogen) atoms. The lowest BCUT2D eigenvalue weighted by Crippen LogP contribution is -2.35. The molecule has 1 atom stereocenters. The number of hydrogen-bond acceptors (Lipinski definition) is 2. The Balaban J connectivity index is 1.79. The Bertz CT molecular complexity index is 943. The third-order valence-electron chi connectivity index (χ3n) is 5.52. The molecule has 1 aliphatic heterocycles. The van der Waals surface area contributed by atoms with E-state index in [9.17, 15) is 8.78 Å². The Hall–Kier alpha value is -2.45. The predicted molar refractivity (Wildman–Crippen MR) is 112 cm³/mol. The van der Waals surface area contributed by atoms with Crippen LogP contribution in [0.25, 0.3) is 0 Å². The predicted octanol–water partition coefficient (Wildman–Crippen LogP) is 5.88. The van der Waals surface area contributed by atoms with Crippen LogP contribution in [0.1, 0.15) is 43.5 Å². The van der Waals surface area contributed by atoms with Gasteiger partial charge in [0.25, 0.3) is 0 Å². The molecule has 0 spiro atoms. The third kappa shape index (κ3) is 4.17. The molecule has 1 unspecified atom stereocenters. The molecular weight excluding hydrogens is 372 g/mol. The van der Waals surface area contributed by atoms with E-state index >= 15 is 0 Å². The summed E-state index contributed by atoms with van der Waals surface area (Å²) in [4.78, 5) is 4.38. The monoisotopic (exact) mass is 397 g/mol. The molecule has 0 amide bonds. The molecule has 0 bridgehead atoms. The summed E-state index contributed by atoms with van der Waals surface area (Å²) in [5, 5.41) is 0.216. The lowest BCUT2D eigenvalue weighted by Gasteiger charge is -2.31. The van der Waals surface area contributed by atoms with Crippen molar-refractivity contribution >= 4 is 14.0 Å². The van der Waals surface area contributed by atoms with E-state index in [1.807, 2.05) is 24.3 Å². The van der Waals surface area contributed by atoms with Crippen LogP contribution in [0, 0.1) is 23.1 Å². The van der Waals surface area contributed by atoms with Crippen molar-refractivity contribution in [2.24, 2.45) is 4.99 Å². The van der Waals surface area contributed by atoms with Gasteiger partial charge >= 0.3 is 0 Å². The first-order valence-electron chi connectivity index (χ1n) is 9.36. The molecule has 0 aliphatic carbocycles. The number of halogens is 2. The number of ether oxygens (including phenoxy) is 1. The number of aliphatic imine (C=N–C) groups is 1. The van der Waals surface area contributed by atoms with Crippen molar-refractivity contribution in [3.63, 3.8) is 0 Å². The van der Waals surface area contributed by atoms with Gasteiger partial charge in [0.15, 0.2) is 0 Å². The van der Waals surface area contributed by atoms with Gasteiger partial charge in [-0.25, -0.2) is 13.8 Å². The van der Waals surface area contributed by atoms with Crippen LogP contribution < -0.4 is 0 Å². The van der Waals surface area contributed by atoms with Crippen LogP contribution in [0.2, 0.25) is 18.1 Å². The van der Waals surface area contributed by atoms with E-state index in [2.05, 4.69) is 50.3 Å². The molecule has 0 radical (unpaired) electrons. The molecule has 1 aliphatic rings. The van der Waals surface area contributed by atoms with E-state index in [0.717, 1.165) is 11.1 Å². The Morgan fingerprint density at radius 1 is 1.04 bits per heavy atom. The van der Waals surface area contributed by atoms with Gasteiger partial charge in [0.2, 0.25) is 5.90 Å². The van der Waals surface area contributed by atoms with Crippen molar-refractivity contribution in [2.45, 2.75) is 44.9 Å². The van der Waals surface area contributed by atoms with Gasteiger partial charge in [0.1, 0.15) is 37.9 Å². The van der Waals surface area contributed by atoms with Crippen LogP contribution >= 0.6 is 0 Å². The Kier molecular flexibility index (Phi) is 5.45. The SMILES string of the molecule is CC(C)(C)[Si](C)(C)C#Cc1ccc(C2COC(c3c(F)cccc3F)=N2)cc1. The van der Waals surface area contributed by atoms with Gasteiger partial charge < -0.3 is 4.74 Å². The number of benzene rings is 2. The average molecular weight is 398 g/mol. The molecular formula is C23H25F2NOSi. The standard InChI is InChI=1S/C23H25F2NOSi/c1-23(2,3)28(4,5)14-13-16-9-11-17(12-10-16)20-15-27-22(26-20)21-18(24)7-6-8-19(21)25/h6-12,20H,15H2,1-5H3. The van der Waals surface area contributed by atoms with Crippen molar-refractivity contribution in [2.75, 3.05) is 6.61 Å². The van der Waals surface area contributed by atoms with Crippen LogP contribution in [-0.4, -0.2) is 20.6 Å². The minimum atomic E-state index is -1.66. The normalized spacial score (nSPS) is 16.8. The fourth-order valence-corrected chi connectivity index (χ4v) is 3.42. The maximum Gasteiger partial charge on any atom is 0.222 e. The molecule has 2 nitrogen and oxygen atoms in total. The van der Waals surface area contributed by atoms with Crippen LogP contribution in [0.4, 0.5) is 8.78 Å². The second-order valence-corrected chi connectivity index (χ2v) is 13.6. The molecule has 0 saturated heterocycles. The first-order valence-corrected chi connectivity index (χ1v) is 12.4. The fourth-order valence-electron chi connectivity index (χ4n) is 2.59. The number of hydrogen-bond donors (Lipinski definition) is 0. The first-order chi connectivity index (χ1) is 13.1.